The van der Waals surface area contributed by atoms with E-state index in [-0.39, 0.29) is 46.8 Å². The van der Waals surface area contributed by atoms with Crippen LogP contribution in [-0.2, 0) is 36.4 Å². The first-order chi connectivity index (χ1) is 24.3. The number of aliphatic hydroxyl groups is 1. The van der Waals surface area contributed by atoms with E-state index in [1.54, 1.807) is 11.8 Å². The highest BCUT2D eigenvalue weighted by molar-refractivity contribution is 7.92. The molecule has 0 saturated carbocycles. The van der Waals surface area contributed by atoms with Crippen molar-refractivity contribution in [1.82, 2.24) is 24.1 Å². The van der Waals surface area contributed by atoms with Gasteiger partial charge in [0.2, 0.25) is 17.7 Å². The monoisotopic (exact) mass is 723 g/mol. The zero-order valence-electron chi connectivity index (χ0n) is 27.3. The zero-order valence-corrected chi connectivity index (χ0v) is 28.1. The fraction of sp³-hybridized carbons (Fsp3) is 0.364. The minimum Gasteiger partial charge on any atom is -0.506 e. The first-order valence-electron chi connectivity index (χ1n) is 16.3. The number of aromatic hydroxyl groups is 1. The molecule has 1 aromatic heterocycles. The molecule has 3 saturated heterocycles. The van der Waals surface area contributed by atoms with Crippen LogP contribution >= 0.6 is 0 Å². The van der Waals surface area contributed by atoms with Gasteiger partial charge in [-0.1, -0.05) is 6.07 Å². The minimum absolute atomic E-state index is 0.0538. The van der Waals surface area contributed by atoms with Gasteiger partial charge >= 0.3 is 15.9 Å². The summed E-state index contributed by atoms with van der Waals surface area (Å²) in [5, 5.41) is 25.9. The lowest BCUT2D eigenvalue weighted by Crippen LogP contribution is -2.49. The molecule has 3 aromatic carbocycles. The number of hydrogen-bond acceptors (Lipinski definition) is 10. The smallest absolute Gasteiger partial charge is 0.329 e. The summed E-state index contributed by atoms with van der Waals surface area (Å²) in [7, 11) is -2.74. The molecular weight excluding hydrogens is 689 g/mol. The molecule has 0 bridgehead atoms. The lowest BCUT2D eigenvalue weighted by atomic mass is 9.88. The number of nitrogens with zero attached hydrogens (tertiary/aromatic N) is 4. The number of carbonyl (C=O) groups is 4. The SMILES string of the molecule is Cn1c(=O)n(C2CCC(=O)NC2=O)c2ccc(C3CCN(C(CO)C(=O)Nc4ccc5c(F)c(N6CC(=O)NS6(=O)=O)c(O)cc5c4)CC3)cc21. The average Bonchev–Trinajstić information content (AvgIpc) is 3.50. The highest BCUT2D eigenvalue weighted by Gasteiger charge is 2.38. The summed E-state index contributed by atoms with van der Waals surface area (Å²) in [5.74, 6) is -3.92. The Balaban J connectivity index is 1.03. The topological polar surface area (TPSA) is 212 Å². The second-order valence-electron chi connectivity index (χ2n) is 13.0. The van der Waals surface area contributed by atoms with Gasteiger partial charge in [-0.15, -0.1) is 0 Å². The van der Waals surface area contributed by atoms with E-state index in [0.717, 1.165) is 11.6 Å². The van der Waals surface area contributed by atoms with E-state index < -0.39 is 70.4 Å². The number of benzene rings is 3. The van der Waals surface area contributed by atoms with E-state index in [1.807, 2.05) is 23.1 Å². The number of imidazole rings is 1. The molecule has 0 spiro atoms. The summed E-state index contributed by atoms with van der Waals surface area (Å²) in [6, 6.07) is 9.24. The Morgan fingerprint density at radius 2 is 1.76 bits per heavy atom. The highest BCUT2D eigenvalue weighted by atomic mass is 32.2. The predicted octanol–water partition coefficient (Wildman–Crippen LogP) is 0.676. The maximum absolute atomic E-state index is 15.5. The van der Waals surface area contributed by atoms with Crippen molar-refractivity contribution in [2.45, 2.75) is 43.7 Å². The molecule has 0 aliphatic carbocycles. The van der Waals surface area contributed by atoms with E-state index in [9.17, 15) is 42.6 Å². The number of amides is 4. The van der Waals surface area contributed by atoms with E-state index in [0.29, 0.717) is 41.3 Å². The van der Waals surface area contributed by atoms with Crippen LogP contribution in [0.3, 0.4) is 0 Å². The van der Waals surface area contributed by atoms with Crippen molar-refractivity contribution in [3.63, 3.8) is 0 Å². The largest absolute Gasteiger partial charge is 0.506 e. The number of anilines is 2. The molecule has 2 unspecified atom stereocenters. The quantitative estimate of drug-likeness (QED) is 0.168. The van der Waals surface area contributed by atoms with Crippen LogP contribution < -0.4 is 25.4 Å². The summed E-state index contributed by atoms with van der Waals surface area (Å²) in [5.41, 5.74) is 1.47. The first kappa shape index (κ1) is 34.1. The van der Waals surface area contributed by atoms with Crippen LogP contribution in [0.2, 0.25) is 0 Å². The number of phenolic OH excluding ortho intramolecular Hbond substituents is 1. The molecule has 2 atom stereocenters. The van der Waals surface area contributed by atoms with Crippen LogP contribution in [0.15, 0.2) is 47.3 Å². The molecular formula is C33H34FN7O9S. The van der Waals surface area contributed by atoms with Gasteiger partial charge in [-0.05, 0) is 85.6 Å². The van der Waals surface area contributed by atoms with E-state index >= 15 is 4.39 Å². The maximum atomic E-state index is 15.5. The van der Waals surface area contributed by atoms with Crippen molar-refractivity contribution >= 4 is 67.0 Å². The molecule has 18 heteroatoms. The molecule has 51 heavy (non-hydrogen) atoms. The normalized spacial score (nSPS) is 20.5. The van der Waals surface area contributed by atoms with Crippen LogP contribution in [0.5, 0.6) is 5.75 Å². The number of piperidine rings is 2. The number of aliphatic hydroxyl groups excluding tert-OH is 1. The van der Waals surface area contributed by atoms with Gasteiger partial charge in [-0.2, -0.15) is 8.42 Å². The molecule has 5 N–H and O–H groups in total. The van der Waals surface area contributed by atoms with Crippen molar-refractivity contribution in [2.75, 3.05) is 35.9 Å². The Morgan fingerprint density at radius 1 is 1.02 bits per heavy atom. The first-order valence-corrected chi connectivity index (χ1v) is 17.7. The van der Waals surface area contributed by atoms with Crippen molar-refractivity contribution in [1.29, 1.82) is 0 Å². The number of imide groups is 1. The lowest BCUT2D eigenvalue weighted by Gasteiger charge is -2.36. The number of aryl methyl sites for hydroxylation is 1. The molecule has 3 aliphatic heterocycles. The molecule has 0 radical (unpaired) electrons. The summed E-state index contributed by atoms with van der Waals surface area (Å²) >= 11 is 0. The van der Waals surface area contributed by atoms with Crippen molar-refractivity contribution < 1.29 is 42.2 Å². The standard InChI is InChI=1S/C33H34FN7O9S/c1-38-24-13-18(2-5-22(24)41(33(38)48)23-6-7-27(44)36-31(23)46)17-8-10-39(11-9-17)25(16-42)32(47)35-20-3-4-21-19(12-20)14-26(43)30(29(21)34)40-15-28(45)37-51(40,49)50/h2-5,12-14,17,23,25,42-43H,6-11,15-16H2,1H3,(H,35,47)(H,37,45)(H,36,44,46). The fourth-order valence-electron chi connectivity index (χ4n) is 7.30. The van der Waals surface area contributed by atoms with Crippen molar-refractivity contribution in [2.24, 2.45) is 7.05 Å². The van der Waals surface area contributed by atoms with Crippen LogP contribution in [-0.4, -0.2) is 88.6 Å². The Kier molecular flexibility index (Phi) is 8.55. The fourth-order valence-corrected chi connectivity index (χ4v) is 8.46. The number of hydrogen-bond donors (Lipinski definition) is 5. The second-order valence-corrected chi connectivity index (χ2v) is 14.6. The molecule has 7 rings (SSSR count). The van der Waals surface area contributed by atoms with Crippen LogP contribution in [0.25, 0.3) is 21.8 Å². The number of phenols is 1. The van der Waals surface area contributed by atoms with Gasteiger partial charge in [0.15, 0.2) is 5.82 Å². The molecule has 4 aromatic rings. The van der Waals surface area contributed by atoms with E-state index in [4.69, 9.17) is 0 Å². The molecule has 3 fully saturated rings. The van der Waals surface area contributed by atoms with Gasteiger partial charge in [0.1, 0.15) is 30.1 Å². The third-order valence-electron chi connectivity index (χ3n) is 9.92. The third kappa shape index (κ3) is 5.98. The highest BCUT2D eigenvalue weighted by Crippen LogP contribution is 2.39. The number of nitrogens with one attached hydrogen (secondary N) is 3. The molecule has 3 aliphatic rings. The van der Waals surface area contributed by atoms with Crippen molar-refractivity contribution in [3.8, 4) is 5.75 Å². The van der Waals surface area contributed by atoms with E-state index in [1.165, 1.54) is 27.3 Å². The molecule has 4 heterocycles. The minimum atomic E-state index is -4.37. The van der Waals surface area contributed by atoms with Crippen LogP contribution in [0, 0.1) is 5.82 Å². The summed E-state index contributed by atoms with van der Waals surface area (Å²) in [4.78, 5) is 64.2. The number of aromatic nitrogens is 2. The van der Waals surface area contributed by atoms with Gasteiger partial charge in [0.05, 0.1) is 17.6 Å². The van der Waals surface area contributed by atoms with Gasteiger partial charge in [0.25, 0.3) is 5.91 Å². The Hall–Kier alpha value is -5.33. The second kappa shape index (κ2) is 12.8. The maximum Gasteiger partial charge on any atom is 0.329 e. The van der Waals surface area contributed by atoms with Gasteiger partial charge < -0.3 is 15.5 Å². The number of carbonyl (C=O) groups excluding carboxylic acids is 4. The lowest BCUT2D eigenvalue weighted by molar-refractivity contribution is -0.135. The Labute approximate surface area is 289 Å². The number of halogens is 1. The molecule has 268 valence electrons. The van der Waals surface area contributed by atoms with Gasteiger partial charge in [-0.25, -0.2) is 18.2 Å². The van der Waals surface area contributed by atoms with E-state index in [2.05, 4.69) is 10.6 Å². The predicted molar refractivity (Wildman–Crippen MR) is 182 cm³/mol. The van der Waals surface area contributed by atoms with Crippen LogP contribution in [0.1, 0.15) is 43.2 Å². The third-order valence-corrected chi connectivity index (χ3v) is 11.3. The summed E-state index contributed by atoms with van der Waals surface area (Å²) in [6.45, 7) is -0.202. The summed E-state index contributed by atoms with van der Waals surface area (Å²) in [6.07, 6.45) is 1.69. The number of fused-ring (bicyclic) bond motifs is 2. The zero-order chi connectivity index (χ0) is 36.4. The van der Waals surface area contributed by atoms with Gasteiger partial charge in [-0.3, -0.25) is 38.5 Å². The average molecular weight is 724 g/mol. The Bertz CT molecular complexity index is 2310. The number of likely N-dealkylation sites (tertiary alicyclic amines) is 1. The molecule has 4 amide bonds. The van der Waals surface area contributed by atoms with Crippen molar-refractivity contribution in [3.05, 3.63) is 64.3 Å². The van der Waals surface area contributed by atoms with Gasteiger partial charge in [0, 0.05) is 24.5 Å². The number of rotatable bonds is 7. The van der Waals surface area contributed by atoms with Crippen LogP contribution in [0.4, 0.5) is 15.8 Å². The Morgan fingerprint density at radius 3 is 2.43 bits per heavy atom. The molecule has 16 nitrogen and oxygen atoms in total. The summed E-state index contributed by atoms with van der Waals surface area (Å²) < 4.78 is 45.1.